The summed E-state index contributed by atoms with van der Waals surface area (Å²) < 4.78 is 15.8. The first-order valence-electron chi connectivity index (χ1n) is 11.8. The molecule has 42 heavy (non-hydrogen) atoms. The van der Waals surface area contributed by atoms with E-state index in [1.54, 1.807) is 0 Å². The summed E-state index contributed by atoms with van der Waals surface area (Å²) in [7, 11) is 0. The summed E-state index contributed by atoms with van der Waals surface area (Å²) in [6.07, 6.45) is 0. The fourth-order valence-electron chi connectivity index (χ4n) is 3.48. The van der Waals surface area contributed by atoms with E-state index in [-0.39, 0.29) is 50.6 Å². The normalized spacial score (nSPS) is 10.3. The quantitative estimate of drug-likeness (QED) is 0.190. The maximum absolute atomic E-state index is 12.9. The van der Waals surface area contributed by atoms with Gasteiger partial charge in [0.2, 0.25) is 0 Å². The molecule has 4 aromatic rings. The van der Waals surface area contributed by atoms with Crippen LogP contribution in [0, 0.1) is 0 Å². The average Bonchev–Trinajstić information content (AvgIpc) is 2.97. The Bertz CT molecular complexity index is 1490. The largest absolute Gasteiger partial charge is 0.478 e. The molecule has 0 aliphatic heterocycles. The molecular formula is C30H18O12. The summed E-state index contributed by atoms with van der Waals surface area (Å²) in [5.74, 6) is -6.60. The predicted molar refractivity (Wildman–Crippen MR) is 142 cm³/mol. The Morgan fingerprint density at radius 2 is 0.571 bits per heavy atom. The fraction of sp³-hybridized carbons (Fsp3) is 0. The predicted octanol–water partition coefficient (Wildman–Crippen LogP) is 4.44. The van der Waals surface area contributed by atoms with Crippen molar-refractivity contribution in [2.45, 2.75) is 0 Å². The topological polar surface area (TPSA) is 191 Å². The van der Waals surface area contributed by atoms with E-state index in [0.29, 0.717) is 0 Å². The van der Waals surface area contributed by atoms with Gasteiger partial charge >= 0.3 is 35.8 Å². The first-order valence-corrected chi connectivity index (χ1v) is 11.8. The van der Waals surface area contributed by atoms with Crippen LogP contribution in [0.1, 0.15) is 62.1 Å². The van der Waals surface area contributed by atoms with E-state index >= 15 is 0 Å². The average molecular weight is 570 g/mol. The molecule has 0 amide bonds. The first-order chi connectivity index (χ1) is 20.0. The lowest BCUT2D eigenvalue weighted by atomic mass is 10.1. The molecule has 0 fully saturated rings. The Hall–Kier alpha value is -6.30. The highest BCUT2D eigenvalue weighted by molar-refractivity contribution is 6.02. The van der Waals surface area contributed by atoms with Gasteiger partial charge in [-0.3, -0.25) is 0 Å². The number of esters is 3. The number of aromatic carboxylic acids is 3. The van der Waals surface area contributed by atoms with Gasteiger partial charge < -0.3 is 29.5 Å². The van der Waals surface area contributed by atoms with Crippen molar-refractivity contribution in [1.29, 1.82) is 0 Å². The van der Waals surface area contributed by atoms with Gasteiger partial charge in [-0.05, 0) is 91.0 Å². The Kier molecular flexibility index (Phi) is 8.38. The molecule has 0 unspecified atom stereocenters. The van der Waals surface area contributed by atoms with Gasteiger partial charge in [0, 0.05) is 0 Å². The van der Waals surface area contributed by atoms with Crippen LogP contribution in [0.3, 0.4) is 0 Å². The summed E-state index contributed by atoms with van der Waals surface area (Å²) in [4.78, 5) is 72.0. The van der Waals surface area contributed by atoms with E-state index < -0.39 is 35.8 Å². The summed E-state index contributed by atoms with van der Waals surface area (Å²) >= 11 is 0. The Morgan fingerprint density at radius 3 is 0.762 bits per heavy atom. The Balaban J connectivity index is 1.63. The monoisotopic (exact) mass is 570 g/mol. The van der Waals surface area contributed by atoms with Crippen molar-refractivity contribution in [2.24, 2.45) is 0 Å². The first kappa shape index (κ1) is 28.7. The van der Waals surface area contributed by atoms with E-state index in [4.69, 9.17) is 29.5 Å². The standard InChI is InChI=1S/C30H18O12/c31-25(32)16-1-7-22(8-2-16)40-28(37)19-13-20(29(38)41-23-9-3-17(4-10-23)26(33)34)15-21(14-19)30(39)42-24-11-5-18(6-12-24)27(35)36/h1-15H,(H,31,32)(H,33,34)(H,35,36). The van der Waals surface area contributed by atoms with Gasteiger partial charge in [-0.25, -0.2) is 28.8 Å². The minimum atomic E-state index is -1.18. The van der Waals surface area contributed by atoms with Crippen molar-refractivity contribution in [3.8, 4) is 17.2 Å². The van der Waals surface area contributed by atoms with Crippen LogP contribution >= 0.6 is 0 Å². The van der Waals surface area contributed by atoms with E-state index in [9.17, 15) is 28.8 Å². The summed E-state index contributed by atoms with van der Waals surface area (Å²) in [5.41, 5.74) is -0.921. The van der Waals surface area contributed by atoms with Gasteiger partial charge in [0.05, 0.1) is 33.4 Å². The van der Waals surface area contributed by atoms with Gasteiger partial charge in [-0.1, -0.05) is 0 Å². The summed E-state index contributed by atoms with van der Waals surface area (Å²) in [5, 5.41) is 27.1. The molecule has 0 aliphatic carbocycles. The molecule has 210 valence electrons. The number of hydrogen-bond donors (Lipinski definition) is 3. The summed E-state index contributed by atoms with van der Waals surface area (Å²) in [6.45, 7) is 0. The van der Waals surface area contributed by atoms with Gasteiger partial charge in [0.15, 0.2) is 0 Å². The molecule has 0 aliphatic rings. The number of carbonyl (C=O) groups is 6. The molecular weight excluding hydrogens is 552 g/mol. The van der Waals surface area contributed by atoms with E-state index in [2.05, 4.69) is 0 Å². The van der Waals surface area contributed by atoms with Crippen LogP contribution in [-0.4, -0.2) is 51.1 Å². The number of carbonyl (C=O) groups excluding carboxylic acids is 3. The summed E-state index contributed by atoms with van der Waals surface area (Å²) in [6, 6.07) is 18.1. The maximum atomic E-state index is 12.9. The molecule has 0 atom stereocenters. The third kappa shape index (κ3) is 7.01. The second-order valence-corrected chi connectivity index (χ2v) is 8.46. The molecule has 0 radical (unpaired) electrons. The smallest absolute Gasteiger partial charge is 0.343 e. The number of hydrogen-bond acceptors (Lipinski definition) is 9. The van der Waals surface area contributed by atoms with Gasteiger partial charge in [-0.15, -0.1) is 0 Å². The van der Waals surface area contributed by atoms with Crippen molar-refractivity contribution < 1.29 is 58.3 Å². The van der Waals surface area contributed by atoms with Crippen LogP contribution < -0.4 is 14.2 Å². The van der Waals surface area contributed by atoms with Crippen molar-refractivity contribution in [3.05, 3.63) is 124 Å². The van der Waals surface area contributed by atoms with Crippen LogP contribution in [0.25, 0.3) is 0 Å². The zero-order valence-corrected chi connectivity index (χ0v) is 21.2. The highest BCUT2D eigenvalue weighted by atomic mass is 16.5. The highest BCUT2D eigenvalue weighted by Gasteiger charge is 2.21. The van der Waals surface area contributed by atoms with Crippen molar-refractivity contribution in [1.82, 2.24) is 0 Å². The number of rotatable bonds is 9. The van der Waals surface area contributed by atoms with Gasteiger partial charge in [0.1, 0.15) is 17.2 Å². The third-order valence-electron chi connectivity index (χ3n) is 5.58. The fourth-order valence-corrected chi connectivity index (χ4v) is 3.48. The Labute approximate surface area is 235 Å². The molecule has 0 saturated heterocycles. The molecule has 0 aromatic heterocycles. The molecule has 0 spiro atoms. The lowest BCUT2D eigenvalue weighted by Crippen LogP contribution is -2.17. The van der Waals surface area contributed by atoms with E-state index in [0.717, 1.165) is 18.2 Å². The molecule has 4 aromatic carbocycles. The van der Waals surface area contributed by atoms with Crippen LogP contribution in [-0.2, 0) is 0 Å². The van der Waals surface area contributed by atoms with E-state index in [1.165, 1.54) is 72.8 Å². The number of ether oxygens (including phenoxy) is 3. The van der Waals surface area contributed by atoms with Crippen LogP contribution in [0.4, 0.5) is 0 Å². The third-order valence-corrected chi connectivity index (χ3v) is 5.58. The number of carboxylic acids is 3. The number of benzene rings is 4. The van der Waals surface area contributed by atoms with Crippen molar-refractivity contribution in [3.63, 3.8) is 0 Å². The second kappa shape index (κ2) is 12.3. The van der Waals surface area contributed by atoms with Gasteiger partial charge in [-0.2, -0.15) is 0 Å². The van der Waals surface area contributed by atoms with Crippen LogP contribution in [0.5, 0.6) is 17.2 Å². The molecule has 4 rings (SSSR count). The molecule has 0 saturated carbocycles. The zero-order valence-electron chi connectivity index (χ0n) is 21.2. The van der Waals surface area contributed by atoms with Crippen LogP contribution in [0.2, 0.25) is 0 Å². The highest BCUT2D eigenvalue weighted by Crippen LogP contribution is 2.21. The molecule has 3 N–H and O–H groups in total. The van der Waals surface area contributed by atoms with Crippen molar-refractivity contribution in [2.75, 3.05) is 0 Å². The van der Waals surface area contributed by atoms with Gasteiger partial charge in [0.25, 0.3) is 0 Å². The molecule has 12 nitrogen and oxygen atoms in total. The zero-order chi connectivity index (χ0) is 30.4. The maximum Gasteiger partial charge on any atom is 0.343 e. The minimum Gasteiger partial charge on any atom is -0.478 e. The Morgan fingerprint density at radius 1 is 0.357 bits per heavy atom. The number of carboxylic acid groups (broad SMARTS) is 3. The van der Waals surface area contributed by atoms with Crippen LogP contribution in [0.15, 0.2) is 91.0 Å². The second-order valence-electron chi connectivity index (χ2n) is 8.46. The lowest BCUT2D eigenvalue weighted by Gasteiger charge is -2.11. The van der Waals surface area contributed by atoms with Crippen molar-refractivity contribution >= 4 is 35.8 Å². The molecule has 0 bridgehead atoms. The SMILES string of the molecule is O=C(O)c1ccc(OC(=O)c2cc(C(=O)Oc3ccc(C(=O)O)cc3)cc(C(=O)Oc3ccc(C(=O)O)cc3)c2)cc1. The minimum absolute atomic E-state index is 0.0147. The molecule has 0 heterocycles. The lowest BCUT2D eigenvalue weighted by molar-refractivity contribution is 0.0685. The molecule has 12 heteroatoms. The van der Waals surface area contributed by atoms with E-state index in [1.807, 2.05) is 0 Å².